The predicted octanol–water partition coefficient (Wildman–Crippen LogP) is 4.44. The molecule has 2 aromatic heterocycles. The quantitative estimate of drug-likeness (QED) is 0.657. The number of hydrogen-bond acceptors (Lipinski definition) is 3. The van der Waals surface area contributed by atoms with Crippen molar-refractivity contribution in [1.82, 2.24) is 9.97 Å². The molecule has 0 saturated heterocycles. The molecule has 6 heteroatoms. The highest BCUT2D eigenvalue weighted by Gasteiger charge is 2.33. The van der Waals surface area contributed by atoms with E-state index in [-0.39, 0.29) is 22.2 Å². The van der Waals surface area contributed by atoms with Crippen molar-refractivity contribution in [3.63, 3.8) is 0 Å². The smallest absolute Gasteiger partial charge is 0.298 e. The van der Waals surface area contributed by atoms with Crippen molar-refractivity contribution in [2.45, 2.75) is 13.1 Å². The Hall–Kier alpha value is -2.76. The summed E-state index contributed by atoms with van der Waals surface area (Å²) in [5, 5.41) is 0.271. The molecule has 0 bridgehead atoms. The van der Waals surface area contributed by atoms with Crippen molar-refractivity contribution < 1.29 is 18.0 Å². The molecule has 2 heterocycles. The van der Waals surface area contributed by atoms with Gasteiger partial charge in [0.2, 0.25) is 0 Å². The van der Waals surface area contributed by atoms with Gasteiger partial charge in [0.1, 0.15) is 0 Å². The molecule has 0 amide bonds. The van der Waals surface area contributed by atoms with E-state index in [1.54, 1.807) is 25.3 Å². The second-order valence-corrected chi connectivity index (χ2v) is 5.06. The third-order valence-electron chi connectivity index (χ3n) is 3.57. The highest BCUT2D eigenvalue weighted by atomic mass is 19.4. The number of carbonyl (C=O) groups excluding carboxylic acids is 1. The average molecular weight is 316 g/mol. The number of aldehydes is 1. The van der Waals surface area contributed by atoms with Gasteiger partial charge in [-0.1, -0.05) is 12.1 Å². The molecule has 0 aliphatic carbocycles. The first-order chi connectivity index (χ1) is 10.9. The van der Waals surface area contributed by atoms with E-state index >= 15 is 0 Å². The second kappa shape index (κ2) is 5.46. The number of rotatable bonds is 2. The Morgan fingerprint density at radius 2 is 1.91 bits per heavy atom. The fourth-order valence-electron chi connectivity index (χ4n) is 2.48. The number of fused-ring (bicyclic) bond motifs is 1. The first-order valence-electron chi connectivity index (χ1n) is 6.80. The van der Waals surface area contributed by atoms with E-state index in [0.29, 0.717) is 17.5 Å². The maximum atomic E-state index is 13.2. The summed E-state index contributed by atoms with van der Waals surface area (Å²) in [6.07, 6.45) is -2.35. The maximum absolute atomic E-state index is 13.2. The van der Waals surface area contributed by atoms with E-state index in [1.165, 1.54) is 18.2 Å². The van der Waals surface area contributed by atoms with Gasteiger partial charge in [-0.25, -0.2) is 4.98 Å². The van der Waals surface area contributed by atoms with Gasteiger partial charge in [-0.2, -0.15) is 13.2 Å². The van der Waals surface area contributed by atoms with Gasteiger partial charge in [0.05, 0.1) is 16.8 Å². The van der Waals surface area contributed by atoms with E-state index in [9.17, 15) is 18.0 Å². The number of carbonyl (C=O) groups is 1. The third kappa shape index (κ3) is 2.67. The molecule has 3 aromatic rings. The molecule has 0 aliphatic heterocycles. The fourth-order valence-corrected chi connectivity index (χ4v) is 2.48. The minimum Gasteiger partial charge on any atom is -0.298 e. The average Bonchev–Trinajstić information content (AvgIpc) is 2.52. The van der Waals surface area contributed by atoms with Crippen LogP contribution < -0.4 is 0 Å². The summed E-state index contributed by atoms with van der Waals surface area (Å²) in [5.74, 6) is 0. The molecule has 0 aliphatic rings. The van der Waals surface area contributed by atoms with Crippen molar-refractivity contribution in [2.75, 3.05) is 0 Å². The molecule has 116 valence electrons. The minimum atomic E-state index is -4.52. The maximum Gasteiger partial charge on any atom is 0.418 e. The van der Waals surface area contributed by atoms with E-state index in [2.05, 4.69) is 9.97 Å². The van der Waals surface area contributed by atoms with Crippen LogP contribution in [-0.4, -0.2) is 16.3 Å². The molecular weight excluding hydrogens is 305 g/mol. The van der Waals surface area contributed by atoms with Crippen LogP contribution in [-0.2, 0) is 6.18 Å². The summed E-state index contributed by atoms with van der Waals surface area (Å²) < 4.78 is 39.6. The van der Waals surface area contributed by atoms with Crippen LogP contribution >= 0.6 is 0 Å². The van der Waals surface area contributed by atoms with E-state index in [4.69, 9.17) is 0 Å². The zero-order valence-electron chi connectivity index (χ0n) is 12.1. The Labute approximate surface area is 129 Å². The summed E-state index contributed by atoms with van der Waals surface area (Å²) >= 11 is 0. The van der Waals surface area contributed by atoms with E-state index in [1.807, 2.05) is 0 Å². The number of halogens is 3. The number of para-hydroxylation sites is 1. The van der Waals surface area contributed by atoms with Crippen LogP contribution in [0.25, 0.3) is 22.2 Å². The number of nitrogens with zero attached hydrogens (tertiary/aromatic N) is 2. The van der Waals surface area contributed by atoms with Gasteiger partial charge in [0.25, 0.3) is 0 Å². The van der Waals surface area contributed by atoms with Crippen LogP contribution in [0, 0.1) is 6.92 Å². The van der Waals surface area contributed by atoms with Crippen LogP contribution in [0.15, 0.2) is 42.6 Å². The van der Waals surface area contributed by atoms with Crippen LogP contribution in [0.1, 0.15) is 21.6 Å². The Morgan fingerprint density at radius 3 is 2.57 bits per heavy atom. The largest absolute Gasteiger partial charge is 0.418 e. The lowest BCUT2D eigenvalue weighted by Crippen LogP contribution is -2.07. The predicted molar refractivity (Wildman–Crippen MR) is 80.1 cm³/mol. The van der Waals surface area contributed by atoms with Gasteiger partial charge in [0.15, 0.2) is 6.29 Å². The van der Waals surface area contributed by atoms with Gasteiger partial charge in [-0.15, -0.1) is 0 Å². The summed E-state index contributed by atoms with van der Waals surface area (Å²) in [7, 11) is 0. The molecular formula is C17H11F3N2O. The first kappa shape index (κ1) is 15.1. The Kier molecular flexibility index (Phi) is 3.60. The zero-order valence-corrected chi connectivity index (χ0v) is 12.1. The van der Waals surface area contributed by atoms with Crippen molar-refractivity contribution in [2.24, 2.45) is 0 Å². The van der Waals surface area contributed by atoms with Gasteiger partial charge >= 0.3 is 6.18 Å². The molecule has 0 spiro atoms. The SMILES string of the molecule is Cc1ncccc1-c1nc2c(C(F)(F)F)cccc2cc1C=O. The number of alkyl halides is 3. The fraction of sp³-hybridized carbons (Fsp3) is 0.118. The Morgan fingerprint density at radius 1 is 1.13 bits per heavy atom. The van der Waals surface area contributed by atoms with Gasteiger partial charge in [0, 0.05) is 28.4 Å². The molecule has 0 fully saturated rings. The summed E-state index contributed by atoms with van der Waals surface area (Å²) in [4.78, 5) is 19.6. The normalized spacial score (nSPS) is 11.7. The van der Waals surface area contributed by atoms with Gasteiger partial charge in [-0.3, -0.25) is 9.78 Å². The second-order valence-electron chi connectivity index (χ2n) is 5.06. The molecule has 0 N–H and O–H groups in total. The number of benzene rings is 1. The van der Waals surface area contributed by atoms with Gasteiger partial charge in [-0.05, 0) is 31.2 Å². The zero-order chi connectivity index (χ0) is 16.6. The highest BCUT2D eigenvalue weighted by Crippen LogP contribution is 2.35. The molecule has 0 unspecified atom stereocenters. The van der Waals surface area contributed by atoms with Crippen LogP contribution in [0.2, 0.25) is 0 Å². The lowest BCUT2D eigenvalue weighted by molar-refractivity contribution is -0.136. The summed E-state index contributed by atoms with van der Waals surface area (Å²) in [5.41, 5.74) is 0.558. The number of aromatic nitrogens is 2. The van der Waals surface area contributed by atoms with Crippen LogP contribution in [0.4, 0.5) is 13.2 Å². The lowest BCUT2D eigenvalue weighted by Gasteiger charge is -2.13. The van der Waals surface area contributed by atoms with Crippen LogP contribution in [0.3, 0.4) is 0 Å². The number of aryl methyl sites for hydroxylation is 1. The standard InChI is InChI=1S/C17H11F3N2O/c1-10-13(5-3-7-21-10)15-12(9-23)8-11-4-2-6-14(16(11)22-15)17(18,19)20/h2-9H,1H3. The molecule has 3 rings (SSSR count). The first-order valence-corrected chi connectivity index (χ1v) is 6.80. The van der Waals surface area contributed by atoms with Crippen molar-refractivity contribution in [3.05, 3.63) is 59.4 Å². The molecule has 0 atom stereocenters. The van der Waals surface area contributed by atoms with E-state index < -0.39 is 11.7 Å². The molecule has 0 saturated carbocycles. The minimum absolute atomic E-state index is 0.177. The molecule has 3 nitrogen and oxygen atoms in total. The van der Waals surface area contributed by atoms with E-state index in [0.717, 1.165) is 6.07 Å². The number of hydrogen-bond donors (Lipinski definition) is 0. The van der Waals surface area contributed by atoms with Crippen LogP contribution in [0.5, 0.6) is 0 Å². The number of pyridine rings is 2. The highest BCUT2D eigenvalue weighted by molar-refractivity contribution is 5.94. The topological polar surface area (TPSA) is 42.9 Å². The van der Waals surface area contributed by atoms with Crippen molar-refractivity contribution in [1.29, 1.82) is 0 Å². The van der Waals surface area contributed by atoms with Crippen molar-refractivity contribution >= 4 is 17.2 Å². The molecule has 0 radical (unpaired) electrons. The summed E-state index contributed by atoms with van der Waals surface area (Å²) in [6.45, 7) is 1.71. The van der Waals surface area contributed by atoms with Gasteiger partial charge < -0.3 is 0 Å². The molecule has 23 heavy (non-hydrogen) atoms. The lowest BCUT2D eigenvalue weighted by atomic mass is 10.0. The monoisotopic (exact) mass is 316 g/mol. The third-order valence-corrected chi connectivity index (χ3v) is 3.57. The Balaban J connectivity index is 2.38. The molecule has 1 aromatic carbocycles. The van der Waals surface area contributed by atoms with Crippen molar-refractivity contribution in [3.8, 4) is 11.3 Å². The Bertz CT molecular complexity index is 904. The summed E-state index contributed by atoms with van der Waals surface area (Å²) in [6, 6.07) is 8.54.